The number of nitrogens with zero attached hydrogens (tertiary/aromatic N) is 1. The van der Waals surface area contributed by atoms with Gasteiger partial charge in [0.15, 0.2) is 0 Å². The van der Waals surface area contributed by atoms with Gasteiger partial charge in [0.1, 0.15) is 12.4 Å². The fourth-order valence-corrected chi connectivity index (χ4v) is 3.51. The van der Waals surface area contributed by atoms with Crippen LogP contribution in [0.2, 0.25) is 0 Å². The second-order valence-electron chi connectivity index (χ2n) is 6.35. The molecule has 26 heavy (non-hydrogen) atoms. The molecule has 5 nitrogen and oxygen atoms in total. The molecular formula is C20H24N2O3S. The maximum Gasteiger partial charge on any atom is 0.234 e. The Balaban J connectivity index is 1.51. The van der Waals surface area contributed by atoms with Crippen molar-refractivity contribution in [3.63, 3.8) is 0 Å². The normalized spacial score (nSPS) is 16.4. The molecule has 1 aliphatic heterocycles. The van der Waals surface area contributed by atoms with E-state index in [-0.39, 0.29) is 12.0 Å². The number of rotatable bonds is 8. The number of ether oxygens (including phenoxy) is 2. The van der Waals surface area contributed by atoms with Crippen LogP contribution in [0.15, 0.2) is 42.7 Å². The maximum atomic E-state index is 12.3. The average Bonchev–Trinajstić information content (AvgIpc) is 3.16. The van der Waals surface area contributed by atoms with Gasteiger partial charge < -0.3 is 14.8 Å². The van der Waals surface area contributed by atoms with Gasteiger partial charge in [0.05, 0.1) is 17.5 Å². The van der Waals surface area contributed by atoms with Crippen molar-refractivity contribution in [3.8, 4) is 5.75 Å². The largest absolute Gasteiger partial charge is 0.489 e. The predicted molar refractivity (Wildman–Crippen MR) is 105 cm³/mol. The topological polar surface area (TPSA) is 60.5 Å². The molecular weight excluding hydrogens is 348 g/mol. The number of anilines is 1. The molecule has 0 bridgehead atoms. The van der Waals surface area contributed by atoms with Crippen LogP contribution in [0.1, 0.15) is 24.0 Å². The van der Waals surface area contributed by atoms with Crippen LogP contribution in [0.5, 0.6) is 5.75 Å². The molecule has 1 amide bonds. The van der Waals surface area contributed by atoms with Gasteiger partial charge in [-0.05, 0) is 49.1 Å². The van der Waals surface area contributed by atoms with E-state index >= 15 is 0 Å². The van der Waals surface area contributed by atoms with Gasteiger partial charge in [0.2, 0.25) is 5.91 Å². The van der Waals surface area contributed by atoms with E-state index in [4.69, 9.17) is 9.47 Å². The number of hydrogen-bond donors (Lipinski definition) is 1. The molecule has 1 aromatic heterocycles. The molecule has 1 aliphatic rings. The maximum absolute atomic E-state index is 12.3. The van der Waals surface area contributed by atoms with Gasteiger partial charge in [-0.1, -0.05) is 12.1 Å². The van der Waals surface area contributed by atoms with Crippen LogP contribution in [0.3, 0.4) is 0 Å². The molecule has 1 N–H and O–H groups in total. The highest BCUT2D eigenvalue weighted by Gasteiger charge is 2.17. The molecule has 0 radical (unpaired) electrons. The Kier molecular flexibility index (Phi) is 6.91. The summed E-state index contributed by atoms with van der Waals surface area (Å²) < 4.78 is 11.5. The smallest absolute Gasteiger partial charge is 0.234 e. The summed E-state index contributed by atoms with van der Waals surface area (Å²) in [5.74, 6) is 1.81. The van der Waals surface area contributed by atoms with E-state index in [9.17, 15) is 4.79 Å². The fourth-order valence-electron chi connectivity index (χ4n) is 2.74. The lowest BCUT2D eigenvalue weighted by atomic mass is 10.2. The third-order valence-electron chi connectivity index (χ3n) is 4.08. The van der Waals surface area contributed by atoms with Crippen molar-refractivity contribution < 1.29 is 14.3 Å². The summed E-state index contributed by atoms with van der Waals surface area (Å²) in [4.78, 5) is 16.4. The van der Waals surface area contributed by atoms with E-state index in [1.807, 2.05) is 43.5 Å². The van der Waals surface area contributed by atoms with E-state index in [2.05, 4.69) is 10.3 Å². The molecule has 0 aliphatic carbocycles. The number of aryl methyl sites for hydroxylation is 1. The second-order valence-corrected chi connectivity index (χ2v) is 7.33. The van der Waals surface area contributed by atoms with E-state index in [0.717, 1.165) is 36.3 Å². The molecule has 1 atom stereocenters. The second kappa shape index (κ2) is 9.59. The van der Waals surface area contributed by atoms with Gasteiger partial charge in [-0.15, -0.1) is 11.8 Å². The highest BCUT2D eigenvalue weighted by Crippen LogP contribution is 2.27. The van der Waals surface area contributed by atoms with Crippen molar-refractivity contribution in [3.05, 3.63) is 53.9 Å². The monoisotopic (exact) mass is 372 g/mol. The number of carbonyl (C=O) groups is 1. The lowest BCUT2D eigenvalue weighted by molar-refractivity contribution is -0.113. The molecule has 1 fully saturated rings. The summed E-state index contributed by atoms with van der Waals surface area (Å²) in [6.07, 6.45) is 5.82. The van der Waals surface area contributed by atoms with Gasteiger partial charge in [0, 0.05) is 24.8 Å². The Hall–Kier alpha value is -2.05. The van der Waals surface area contributed by atoms with Crippen LogP contribution in [0, 0.1) is 6.92 Å². The van der Waals surface area contributed by atoms with Crippen LogP contribution in [0.4, 0.5) is 5.69 Å². The fraction of sp³-hybridized carbons (Fsp3) is 0.400. The lowest BCUT2D eigenvalue weighted by Gasteiger charge is -2.16. The number of aromatic nitrogens is 1. The molecule has 0 saturated carbocycles. The molecule has 0 spiro atoms. The molecule has 2 aromatic rings. The van der Waals surface area contributed by atoms with Crippen LogP contribution < -0.4 is 10.1 Å². The predicted octanol–water partition coefficient (Wildman–Crippen LogP) is 3.82. The van der Waals surface area contributed by atoms with Crippen molar-refractivity contribution in [2.24, 2.45) is 0 Å². The third kappa shape index (κ3) is 5.75. The zero-order valence-corrected chi connectivity index (χ0v) is 15.8. The van der Waals surface area contributed by atoms with Crippen molar-refractivity contribution in [2.75, 3.05) is 24.3 Å². The number of pyridine rings is 1. The highest BCUT2D eigenvalue weighted by molar-refractivity contribution is 7.99. The summed E-state index contributed by atoms with van der Waals surface area (Å²) in [6.45, 7) is 3.33. The molecule has 1 unspecified atom stereocenters. The molecule has 2 heterocycles. The average molecular weight is 372 g/mol. The molecule has 1 saturated heterocycles. The quantitative estimate of drug-likeness (QED) is 0.763. The Morgan fingerprint density at radius 3 is 3.12 bits per heavy atom. The first kappa shape index (κ1) is 18.7. The minimum Gasteiger partial charge on any atom is -0.489 e. The van der Waals surface area contributed by atoms with Gasteiger partial charge >= 0.3 is 0 Å². The van der Waals surface area contributed by atoms with E-state index in [0.29, 0.717) is 23.8 Å². The number of thioether (sulfide) groups is 1. The first-order valence-electron chi connectivity index (χ1n) is 8.82. The summed E-state index contributed by atoms with van der Waals surface area (Å²) in [7, 11) is 0. The summed E-state index contributed by atoms with van der Waals surface area (Å²) in [5, 5.41) is 2.96. The Morgan fingerprint density at radius 1 is 1.42 bits per heavy atom. The van der Waals surface area contributed by atoms with Crippen molar-refractivity contribution >= 4 is 23.4 Å². The first-order valence-corrected chi connectivity index (χ1v) is 9.98. The third-order valence-corrected chi connectivity index (χ3v) is 5.09. The summed E-state index contributed by atoms with van der Waals surface area (Å²) in [5.41, 5.74) is 2.91. The SMILES string of the molecule is Cc1ccc(NC(=O)CSCc2cccnc2)c(OCC2CCCO2)c1. The van der Waals surface area contributed by atoms with Gasteiger partial charge in [-0.2, -0.15) is 0 Å². The molecule has 1 aromatic carbocycles. The minimum atomic E-state index is -0.0373. The van der Waals surface area contributed by atoms with Crippen LogP contribution >= 0.6 is 11.8 Å². The highest BCUT2D eigenvalue weighted by atomic mass is 32.2. The van der Waals surface area contributed by atoms with E-state index < -0.39 is 0 Å². The number of hydrogen-bond acceptors (Lipinski definition) is 5. The number of carbonyl (C=O) groups excluding carboxylic acids is 1. The number of nitrogens with one attached hydrogen (secondary N) is 1. The minimum absolute atomic E-state index is 0.0373. The van der Waals surface area contributed by atoms with Crippen molar-refractivity contribution in [1.82, 2.24) is 4.98 Å². The van der Waals surface area contributed by atoms with Gasteiger partial charge in [0.25, 0.3) is 0 Å². The number of benzene rings is 1. The van der Waals surface area contributed by atoms with Crippen molar-refractivity contribution in [1.29, 1.82) is 0 Å². The van der Waals surface area contributed by atoms with Crippen LogP contribution in [-0.2, 0) is 15.3 Å². The molecule has 6 heteroatoms. The van der Waals surface area contributed by atoms with Crippen LogP contribution in [-0.4, -0.2) is 36.0 Å². The summed E-state index contributed by atoms with van der Waals surface area (Å²) in [6, 6.07) is 9.73. The van der Waals surface area contributed by atoms with Gasteiger partial charge in [-0.3, -0.25) is 9.78 Å². The number of amides is 1. The standard InChI is InChI=1S/C20H24N2O3S/c1-15-6-7-18(19(10-15)25-12-17-5-3-9-24-17)22-20(23)14-26-13-16-4-2-8-21-11-16/h2,4,6-8,10-11,17H,3,5,9,12-14H2,1H3,(H,22,23). The van der Waals surface area contributed by atoms with E-state index in [1.165, 1.54) is 0 Å². The zero-order valence-electron chi connectivity index (χ0n) is 14.9. The molecule has 3 rings (SSSR count). The lowest BCUT2D eigenvalue weighted by Crippen LogP contribution is -2.19. The molecule has 138 valence electrons. The first-order chi connectivity index (χ1) is 12.7. The van der Waals surface area contributed by atoms with Gasteiger partial charge in [-0.25, -0.2) is 0 Å². The zero-order chi connectivity index (χ0) is 18.2. The van der Waals surface area contributed by atoms with Crippen LogP contribution in [0.25, 0.3) is 0 Å². The summed E-state index contributed by atoms with van der Waals surface area (Å²) >= 11 is 1.56. The van der Waals surface area contributed by atoms with E-state index in [1.54, 1.807) is 18.0 Å². The Labute approximate surface area is 158 Å². The van der Waals surface area contributed by atoms with Crippen molar-refractivity contribution in [2.45, 2.75) is 31.6 Å². The Morgan fingerprint density at radius 2 is 2.35 bits per heavy atom. The Bertz CT molecular complexity index is 718.